The van der Waals surface area contributed by atoms with Gasteiger partial charge in [-0.15, -0.1) is 11.3 Å². The van der Waals surface area contributed by atoms with E-state index in [9.17, 15) is 9.18 Å². The molecule has 0 saturated carbocycles. The minimum atomic E-state index is -0.355. The average molecular weight is 368 g/mol. The second kappa shape index (κ2) is 7.94. The van der Waals surface area contributed by atoms with Gasteiger partial charge in [0.05, 0.1) is 0 Å². The lowest BCUT2D eigenvalue weighted by Gasteiger charge is -2.32. The second-order valence-corrected chi connectivity index (χ2v) is 7.12. The lowest BCUT2D eigenvalue weighted by molar-refractivity contribution is -0.121. The SMILES string of the molecule is O=C(CCc1c(F)cccc1Cl)NC1CCN(c2nccs2)CC1. The van der Waals surface area contributed by atoms with Gasteiger partial charge in [0.2, 0.25) is 5.91 Å². The van der Waals surface area contributed by atoms with E-state index in [4.69, 9.17) is 11.6 Å². The first kappa shape index (κ1) is 17.2. The van der Waals surface area contributed by atoms with Gasteiger partial charge in [0.1, 0.15) is 5.82 Å². The van der Waals surface area contributed by atoms with Crippen LogP contribution >= 0.6 is 22.9 Å². The van der Waals surface area contributed by atoms with Gasteiger partial charge in [-0.05, 0) is 31.4 Å². The van der Waals surface area contributed by atoms with Crippen molar-refractivity contribution in [1.29, 1.82) is 0 Å². The molecule has 2 aromatic rings. The zero-order valence-electron chi connectivity index (χ0n) is 13.2. The maximum absolute atomic E-state index is 13.7. The van der Waals surface area contributed by atoms with Gasteiger partial charge in [0, 0.05) is 47.7 Å². The highest BCUT2D eigenvalue weighted by molar-refractivity contribution is 7.13. The third-order valence-electron chi connectivity index (χ3n) is 4.21. The van der Waals surface area contributed by atoms with Crippen LogP contribution in [0.1, 0.15) is 24.8 Å². The van der Waals surface area contributed by atoms with E-state index in [1.54, 1.807) is 23.5 Å². The van der Waals surface area contributed by atoms with Crippen LogP contribution in [0.2, 0.25) is 5.02 Å². The summed E-state index contributed by atoms with van der Waals surface area (Å²) < 4.78 is 13.7. The van der Waals surface area contributed by atoms with Crippen LogP contribution in [0, 0.1) is 5.82 Å². The second-order valence-electron chi connectivity index (χ2n) is 5.84. The molecular formula is C17H19ClFN3OS. The zero-order valence-corrected chi connectivity index (χ0v) is 14.7. The summed E-state index contributed by atoms with van der Waals surface area (Å²) in [6, 6.07) is 4.75. The molecule has 0 radical (unpaired) electrons. The number of halogens is 2. The molecule has 128 valence electrons. The van der Waals surface area contributed by atoms with Crippen LogP contribution in [0.3, 0.4) is 0 Å². The first-order valence-corrected chi connectivity index (χ1v) is 9.26. The molecule has 24 heavy (non-hydrogen) atoms. The molecule has 1 aromatic carbocycles. The number of anilines is 1. The van der Waals surface area contributed by atoms with Crippen LogP contribution in [0.4, 0.5) is 9.52 Å². The summed E-state index contributed by atoms with van der Waals surface area (Å²) in [5.41, 5.74) is 0.410. The number of nitrogens with zero attached hydrogens (tertiary/aromatic N) is 2. The molecule has 1 fully saturated rings. The van der Waals surface area contributed by atoms with Crippen molar-refractivity contribution in [1.82, 2.24) is 10.3 Å². The fourth-order valence-electron chi connectivity index (χ4n) is 2.90. The molecule has 4 nitrogen and oxygen atoms in total. The molecule has 1 saturated heterocycles. The van der Waals surface area contributed by atoms with Crippen molar-refractivity contribution in [2.45, 2.75) is 31.7 Å². The zero-order chi connectivity index (χ0) is 16.9. The van der Waals surface area contributed by atoms with E-state index in [0.29, 0.717) is 17.0 Å². The van der Waals surface area contributed by atoms with Gasteiger partial charge in [-0.3, -0.25) is 4.79 Å². The van der Waals surface area contributed by atoms with Gasteiger partial charge < -0.3 is 10.2 Å². The molecule has 0 aliphatic carbocycles. The first-order valence-electron chi connectivity index (χ1n) is 8.00. The van der Waals surface area contributed by atoms with Crippen LogP contribution in [0.15, 0.2) is 29.8 Å². The third kappa shape index (κ3) is 4.24. The normalized spacial score (nSPS) is 15.5. The Bertz CT molecular complexity index is 667. The number of carbonyl (C=O) groups excluding carboxylic acids is 1. The van der Waals surface area contributed by atoms with Crippen LogP contribution in [-0.4, -0.2) is 30.0 Å². The summed E-state index contributed by atoms with van der Waals surface area (Å²) in [6.07, 6.45) is 4.15. The van der Waals surface area contributed by atoms with Gasteiger partial charge >= 0.3 is 0 Å². The Hall–Kier alpha value is -1.66. The van der Waals surface area contributed by atoms with E-state index in [1.807, 2.05) is 11.6 Å². The Kier molecular flexibility index (Phi) is 5.68. The molecule has 0 bridgehead atoms. The highest BCUT2D eigenvalue weighted by Crippen LogP contribution is 2.23. The van der Waals surface area contributed by atoms with E-state index < -0.39 is 0 Å². The molecule has 1 aliphatic rings. The molecule has 0 unspecified atom stereocenters. The van der Waals surface area contributed by atoms with Crippen molar-refractivity contribution in [2.24, 2.45) is 0 Å². The molecule has 0 atom stereocenters. The number of aromatic nitrogens is 1. The summed E-state index contributed by atoms with van der Waals surface area (Å²) in [6.45, 7) is 1.77. The highest BCUT2D eigenvalue weighted by Gasteiger charge is 2.22. The molecule has 1 N–H and O–H groups in total. The Morgan fingerprint density at radius 1 is 1.42 bits per heavy atom. The minimum absolute atomic E-state index is 0.0537. The Morgan fingerprint density at radius 3 is 2.88 bits per heavy atom. The van der Waals surface area contributed by atoms with Crippen molar-refractivity contribution in [3.63, 3.8) is 0 Å². The molecule has 0 spiro atoms. The fraction of sp³-hybridized carbons (Fsp3) is 0.412. The van der Waals surface area contributed by atoms with Crippen LogP contribution in [0.25, 0.3) is 0 Å². The number of amides is 1. The molecule has 1 amide bonds. The number of piperidine rings is 1. The standard InChI is InChI=1S/C17H19ClFN3OS/c18-14-2-1-3-15(19)13(14)4-5-16(23)21-12-6-9-22(10-7-12)17-20-8-11-24-17/h1-3,8,11-12H,4-7,9-10H2,(H,21,23). The van der Waals surface area contributed by atoms with E-state index in [1.165, 1.54) is 6.07 Å². The van der Waals surface area contributed by atoms with Gasteiger partial charge in [-0.2, -0.15) is 0 Å². The summed E-state index contributed by atoms with van der Waals surface area (Å²) in [7, 11) is 0. The molecular weight excluding hydrogens is 349 g/mol. The number of thiazole rings is 1. The van der Waals surface area contributed by atoms with Gasteiger partial charge in [-0.1, -0.05) is 17.7 Å². The predicted molar refractivity (Wildman–Crippen MR) is 95.2 cm³/mol. The van der Waals surface area contributed by atoms with E-state index in [0.717, 1.165) is 31.1 Å². The Labute approximate surface area is 149 Å². The predicted octanol–water partition coefficient (Wildman–Crippen LogP) is 3.65. The number of nitrogens with one attached hydrogen (secondary N) is 1. The maximum Gasteiger partial charge on any atom is 0.220 e. The smallest absolute Gasteiger partial charge is 0.220 e. The summed E-state index contributed by atoms with van der Waals surface area (Å²) in [5, 5.41) is 6.43. The topological polar surface area (TPSA) is 45.2 Å². The molecule has 1 aromatic heterocycles. The van der Waals surface area contributed by atoms with Crippen molar-refractivity contribution in [2.75, 3.05) is 18.0 Å². The molecule has 2 heterocycles. The number of rotatable bonds is 5. The van der Waals surface area contributed by atoms with Gasteiger partial charge in [-0.25, -0.2) is 9.37 Å². The largest absolute Gasteiger partial charge is 0.353 e. The van der Waals surface area contributed by atoms with E-state index >= 15 is 0 Å². The summed E-state index contributed by atoms with van der Waals surface area (Å²) in [5.74, 6) is -0.408. The van der Waals surface area contributed by atoms with E-state index in [2.05, 4.69) is 15.2 Å². The number of benzene rings is 1. The third-order valence-corrected chi connectivity index (χ3v) is 5.40. The lowest BCUT2D eigenvalue weighted by Crippen LogP contribution is -2.44. The van der Waals surface area contributed by atoms with E-state index in [-0.39, 0.29) is 24.2 Å². The number of hydrogen-bond acceptors (Lipinski definition) is 4. The summed E-state index contributed by atoms with van der Waals surface area (Å²) >= 11 is 7.62. The van der Waals surface area contributed by atoms with Crippen LogP contribution < -0.4 is 10.2 Å². The van der Waals surface area contributed by atoms with Crippen molar-refractivity contribution in [3.05, 3.63) is 46.2 Å². The van der Waals surface area contributed by atoms with Gasteiger partial charge in [0.25, 0.3) is 0 Å². The number of carbonyl (C=O) groups is 1. The first-order chi connectivity index (χ1) is 11.6. The minimum Gasteiger partial charge on any atom is -0.353 e. The average Bonchev–Trinajstić information content (AvgIpc) is 3.09. The lowest BCUT2D eigenvalue weighted by atomic mass is 10.0. The van der Waals surface area contributed by atoms with Crippen molar-refractivity contribution >= 4 is 34.0 Å². The monoisotopic (exact) mass is 367 g/mol. The van der Waals surface area contributed by atoms with Crippen LogP contribution in [0.5, 0.6) is 0 Å². The maximum atomic E-state index is 13.7. The molecule has 3 rings (SSSR count). The quantitative estimate of drug-likeness (QED) is 0.877. The fourth-order valence-corrected chi connectivity index (χ4v) is 3.85. The van der Waals surface area contributed by atoms with Crippen molar-refractivity contribution in [3.8, 4) is 0 Å². The van der Waals surface area contributed by atoms with Gasteiger partial charge in [0.15, 0.2) is 5.13 Å². The Morgan fingerprint density at radius 2 is 2.21 bits per heavy atom. The van der Waals surface area contributed by atoms with Crippen molar-refractivity contribution < 1.29 is 9.18 Å². The Balaban J connectivity index is 1.45. The van der Waals surface area contributed by atoms with Crippen LogP contribution in [-0.2, 0) is 11.2 Å². The highest BCUT2D eigenvalue weighted by atomic mass is 35.5. The number of hydrogen-bond donors (Lipinski definition) is 1. The molecule has 7 heteroatoms. The summed E-state index contributed by atoms with van der Waals surface area (Å²) in [4.78, 5) is 18.7. The molecule has 1 aliphatic heterocycles.